The van der Waals surface area contributed by atoms with Crippen molar-refractivity contribution in [1.29, 1.82) is 0 Å². The van der Waals surface area contributed by atoms with Gasteiger partial charge in [-0.25, -0.2) is 0 Å². The van der Waals surface area contributed by atoms with Gasteiger partial charge in [-0.05, 0) is 32.2 Å². The van der Waals surface area contributed by atoms with Crippen molar-refractivity contribution in [2.24, 2.45) is 11.8 Å². The Balaban J connectivity index is 1.84. The Bertz CT molecular complexity index is 169. The van der Waals surface area contributed by atoms with E-state index < -0.39 is 0 Å². The molecule has 1 aliphatic heterocycles. The van der Waals surface area contributed by atoms with Crippen LogP contribution in [0.2, 0.25) is 0 Å². The van der Waals surface area contributed by atoms with Crippen molar-refractivity contribution >= 4 is 5.78 Å². The highest BCUT2D eigenvalue weighted by molar-refractivity contribution is 5.84. The summed E-state index contributed by atoms with van der Waals surface area (Å²) in [5.41, 5.74) is 0. The summed E-state index contributed by atoms with van der Waals surface area (Å²) in [5, 5.41) is 3.30. The summed E-state index contributed by atoms with van der Waals surface area (Å²) in [5.74, 6) is 1.34. The molecule has 2 aliphatic rings. The van der Waals surface area contributed by atoms with Crippen molar-refractivity contribution in [2.45, 2.75) is 32.1 Å². The molecule has 0 bridgehead atoms. The van der Waals surface area contributed by atoms with Crippen LogP contribution in [0, 0.1) is 11.8 Å². The van der Waals surface area contributed by atoms with E-state index in [2.05, 4.69) is 5.32 Å². The highest BCUT2D eigenvalue weighted by atomic mass is 16.1. The molecule has 0 aromatic rings. The fourth-order valence-corrected chi connectivity index (χ4v) is 2.12. The minimum absolute atomic E-state index is 0.351. The summed E-state index contributed by atoms with van der Waals surface area (Å²) in [6.07, 6.45) is 5.91. The van der Waals surface area contributed by atoms with Crippen molar-refractivity contribution < 1.29 is 4.79 Å². The Morgan fingerprint density at radius 1 is 1.08 bits per heavy atom. The molecule has 1 atom stereocenters. The lowest BCUT2D eigenvalue weighted by Crippen LogP contribution is -2.38. The SMILES string of the molecule is O=C(C1CCC1)C1CCCNC1. The normalized spacial score (nSPS) is 31.2. The predicted octanol–water partition coefficient (Wildman–Crippen LogP) is 1.36. The number of hydrogen-bond donors (Lipinski definition) is 1. The quantitative estimate of drug-likeness (QED) is 0.672. The number of ketones is 1. The van der Waals surface area contributed by atoms with Gasteiger partial charge in [-0.1, -0.05) is 6.42 Å². The summed E-state index contributed by atoms with van der Waals surface area (Å²) in [7, 11) is 0. The van der Waals surface area contributed by atoms with E-state index in [0.717, 1.165) is 32.4 Å². The minimum atomic E-state index is 0.351. The third-order valence-corrected chi connectivity index (χ3v) is 3.21. The van der Waals surface area contributed by atoms with E-state index in [-0.39, 0.29) is 0 Å². The summed E-state index contributed by atoms with van der Waals surface area (Å²) in [6, 6.07) is 0. The molecule has 12 heavy (non-hydrogen) atoms. The molecule has 2 nitrogen and oxygen atoms in total. The lowest BCUT2D eigenvalue weighted by molar-refractivity contribution is -0.129. The molecule has 0 aromatic carbocycles. The number of carbonyl (C=O) groups is 1. The number of hydrogen-bond acceptors (Lipinski definition) is 2. The zero-order chi connectivity index (χ0) is 8.39. The van der Waals surface area contributed by atoms with E-state index in [4.69, 9.17) is 0 Å². The first-order chi connectivity index (χ1) is 5.88. The number of Topliss-reactive ketones (excluding diaryl/α,β-unsaturated/α-hetero) is 1. The molecule has 1 saturated heterocycles. The maximum atomic E-state index is 11.7. The first-order valence-corrected chi connectivity index (χ1v) is 5.12. The van der Waals surface area contributed by atoms with Crippen LogP contribution in [0.25, 0.3) is 0 Å². The van der Waals surface area contributed by atoms with Crippen molar-refractivity contribution in [3.05, 3.63) is 0 Å². The molecule has 1 N–H and O–H groups in total. The third-order valence-electron chi connectivity index (χ3n) is 3.21. The topological polar surface area (TPSA) is 29.1 Å². The van der Waals surface area contributed by atoms with Crippen LogP contribution < -0.4 is 5.32 Å². The van der Waals surface area contributed by atoms with Crippen molar-refractivity contribution in [3.8, 4) is 0 Å². The first-order valence-electron chi connectivity index (χ1n) is 5.12. The van der Waals surface area contributed by atoms with Gasteiger partial charge in [-0.3, -0.25) is 4.79 Å². The van der Waals surface area contributed by atoms with Crippen molar-refractivity contribution in [3.63, 3.8) is 0 Å². The second-order valence-electron chi connectivity index (χ2n) is 4.07. The standard InChI is InChI=1S/C10H17NO/c12-10(8-3-1-4-8)9-5-2-6-11-7-9/h8-9,11H,1-7H2. The fourth-order valence-electron chi connectivity index (χ4n) is 2.12. The summed E-state index contributed by atoms with van der Waals surface area (Å²) in [6.45, 7) is 2.05. The maximum absolute atomic E-state index is 11.7. The lowest BCUT2D eigenvalue weighted by atomic mass is 9.76. The highest BCUT2D eigenvalue weighted by Crippen LogP contribution is 2.31. The number of rotatable bonds is 2. The fraction of sp³-hybridized carbons (Fsp3) is 0.900. The number of piperidine rings is 1. The van der Waals surface area contributed by atoms with Gasteiger partial charge in [0.2, 0.25) is 0 Å². The van der Waals surface area contributed by atoms with Gasteiger partial charge < -0.3 is 5.32 Å². The molecule has 0 radical (unpaired) electrons. The largest absolute Gasteiger partial charge is 0.316 e. The predicted molar refractivity (Wildman–Crippen MR) is 47.9 cm³/mol. The van der Waals surface area contributed by atoms with E-state index in [9.17, 15) is 4.79 Å². The van der Waals surface area contributed by atoms with Gasteiger partial charge in [0.15, 0.2) is 0 Å². The third kappa shape index (κ3) is 1.53. The van der Waals surface area contributed by atoms with E-state index in [0.29, 0.717) is 17.6 Å². The minimum Gasteiger partial charge on any atom is -0.316 e. The van der Waals surface area contributed by atoms with Gasteiger partial charge in [0.25, 0.3) is 0 Å². The zero-order valence-electron chi connectivity index (χ0n) is 7.51. The Labute approximate surface area is 73.7 Å². The van der Waals surface area contributed by atoms with Crippen LogP contribution >= 0.6 is 0 Å². The Morgan fingerprint density at radius 2 is 1.83 bits per heavy atom. The van der Waals surface area contributed by atoms with Crippen LogP contribution in [0.5, 0.6) is 0 Å². The first kappa shape index (κ1) is 8.24. The molecule has 1 heterocycles. The molecule has 1 unspecified atom stereocenters. The molecule has 0 amide bonds. The van der Waals surface area contributed by atoms with Gasteiger partial charge in [-0.2, -0.15) is 0 Å². The molecule has 2 rings (SSSR count). The number of nitrogens with one attached hydrogen (secondary N) is 1. The Hall–Kier alpha value is -0.370. The van der Waals surface area contributed by atoms with E-state index in [1.54, 1.807) is 0 Å². The van der Waals surface area contributed by atoms with Gasteiger partial charge in [-0.15, -0.1) is 0 Å². The van der Waals surface area contributed by atoms with Gasteiger partial charge in [0.05, 0.1) is 0 Å². The van der Waals surface area contributed by atoms with Crippen molar-refractivity contribution in [2.75, 3.05) is 13.1 Å². The molecule has 0 aromatic heterocycles. The summed E-state index contributed by atoms with van der Waals surface area (Å²) >= 11 is 0. The van der Waals surface area contributed by atoms with E-state index in [1.165, 1.54) is 12.8 Å². The molecular weight excluding hydrogens is 150 g/mol. The van der Waals surface area contributed by atoms with Crippen LogP contribution in [0.1, 0.15) is 32.1 Å². The average molecular weight is 167 g/mol. The van der Waals surface area contributed by atoms with Crippen LogP contribution in [-0.2, 0) is 4.79 Å². The van der Waals surface area contributed by atoms with Gasteiger partial charge >= 0.3 is 0 Å². The monoisotopic (exact) mass is 167 g/mol. The summed E-state index contributed by atoms with van der Waals surface area (Å²) < 4.78 is 0. The van der Waals surface area contributed by atoms with Crippen LogP contribution in [-0.4, -0.2) is 18.9 Å². The van der Waals surface area contributed by atoms with Crippen LogP contribution in [0.15, 0.2) is 0 Å². The second kappa shape index (κ2) is 3.56. The molecular formula is C10H17NO. The molecule has 1 saturated carbocycles. The highest BCUT2D eigenvalue weighted by Gasteiger charge is 2.31. The molecule has 0 spiro atoms. The maximum Gasteiger partial charge on any atom is 0.140 e. The Morgan fingerprint density at radius 3 is 2.33 bits per heavy atom. The average Bonchev–Trinajstić information content (AvgIpc) is 2.03. The van der Waals surface area contributed by atoms with E-state index >= 15 is 0 Å². The lowest BCUT2D eigenvalue weighted by Gasteiger charge is -2.30. The molecule has 2 heteroatoms. The molecule has 2 fully saturated rings. The van der Waals surface area contributed by atoms with Crippen LogP contribution in [0.3, 0.4) is 0 Å². The second-order valence-corrected chi connectivity index (χ2v) is 4.07. The molecule has 68 valence electrons. The zero-order valence-corrected chi connectivity index (χ0v) is 7.51. The number of carbonyl (C=O) groups excluding carboxylic acids is 1. The van der Waals surface area contributed by atoms with Gasteiger partial charge in [0.1, 0.15) is 5.78 Å². The van der Waals surface area contributed by atoms with Gasteiger partial charge in [0, 0.05) is 18.4 Å². The van der Waals surface area contributed by atoms with Crippen LogP contribution in [0.4, 0.5) is 0 Å². The summed E-state index contributed by atoms with van der Waals surface area (Å²) in [4.78, 5) is 11.7. The Kier molecular flexibility index (Phi) is 2.45. The van der Waals surface area contributed by atoms with E-state index in [1.807, 2.05) is 0 Å². The smallest absolute Gasteiger partial charge is 0.140 e. The molecule has 1 aliphatic carbocycles. The van der Waals surface area contributed by atoms with Crippen molar-refractivity contribution in [1.82, 2.24) is 5.32 Å².